The summed E-state index contributed by atoms with van der Waals surface area (Å²) in [4.78, 5) is 29.9. The Hall–Kier alpha value is -3.94. The molecular weight excluding hydrogens is 474 g/mol. The first-order chi connectivity index (χ1) is 18.7. The van der Waals surface area contributed by atoms with Gasteiger partial charge in [0.25, 0.3) is 0 Å². The molecule has 7 rings (SSSR count). The van der Waals surface area contributed by atoms with Gasteiger partial charge in [-0.05, 0) is 56.9 Å². The predicted molar refractivity (Wildman–Crippen MR) is 152 cm³/mol. The van der Waals surface area contributed by atoms with Crippen LogP contribution >= 0.6 is 0 Å². The molecule has 1 saturated heterocycles. The third kappa shape index (κ3) is 3.81. The van der Waals surface area contributed by atoms with Gasteiger partial charge < -0.3 is 19.4 Å². The van der Waals surface area contributed by atoms with Crippen LogP contribution in [0, 0.1) is 5.92 Å². The number of para-hydroxylation sites is 1. The molecular formula is C30H33N7O. The molecule has 0 aliphatic carbocycles. The van der Waals surface area contributed by atoms with Gasteiger partial charge in [0.2, 0.25) is 5.91 Å². The van der Waals surface area contributed by atoms with E-state index >= 15 is 0 Å². The number of imidazole rings is 1. The number of carbonyl (C=O) groups excluding carboxylic acids is 1. The van der Waals surface area contributed by atoms with E-state index in [0.717, 1.165) is 73.8 Å². The van der Waals surface area contributed by atoms with Crippen molar-refractivity contribution in [3.8, 4) is 0 Å². The van der Waals surface area contributed by atoms with E-state index in [0.29, 0.717) is 6.54 Å². The van der Waals surface area contributed by atoms with E-state index in [4.69, 9.17) is 4.98 Å². The highest BCUT2D eigenvalue weighted by molar-refractivity contribution is 6.10. The normalized spacial score (nSPS) is 18.1. The van der Waals surface area contributed by atoms with E-state index in [1.165, 1.54) is 34.6 Å². The Labute approximate surface area is 221 Å². The monoisotopic (exact) mass is 507 g/mol. The van der Waals surface area contributed by atoms with Crippen LogP contribution < -0.4 is 10.2 Å². The van der Waals surface area contributed by atoms with Crippen LogP contribution in [0.5, 0.6) is 0 Å². The second-order valence-electron chi connectivity index (χ2n) is 10.6. The number of aryl methyl sites for hydroxylation is 3. The van der Waals surface area contributed by atoms with Crippen LogP contribution in [0.4, 0.5) is 11.5 Å². The van der Waals surface area contributed by atoms with E-state index in [-0.39, 0.29) is 11.8 Å². The van der Waals surface area contributed by atoms with Gasteiger partial charge in [-0.15, -0.1) is 0 Å². The fraction of sp³-hybridized carbons (Fsp3) is 0.400. The Bertz CT molecular complexity index is 1670. The van der Waals surface area contributed by atoms with Crippen molar-refractivity contribution in [2.75, 3.05) is 23.3 Å². The summed E-state index contributed by atoms with van der Waals surface area (Å²) >= 11 is 0. The van der Waals surface area contributed by atoms with Crippen LogP contribution in [0.3, 0.4) is 0 Å². The number of amides is 1. The van der Waals surface area contributed by atoms with Crippen LogP contribution in [-0.2, 0) is 24.3 Å². The molecule has 0 spiro atoms. The van der Waals surface area contributed by atoms with Crippen molar-refractivity contribution in [1.82, 2.24) is 24.1 Å². The number of hydrogen-bond donors (Lipinski definition) is 1. The number of hydrogen-bond acceptors (Lipinski definition) is 5. The SMILES string of the molecule is CCn1c2ccccc2c2cc(NC(=O)[C@H]3CCCN(c4ncnc5c4nc4n5CCCCC4)C3)ccc21. The molecule has 5 heterocycles. The zero-order chi connectivity index (χ0) is 25.6. The maximum Gasteiger partial charge on any atom is 0.229 e. The van der Waals surface area contributed by atoms with E-state index in [9.17, 15) is 4.79 Å². The summed E-state index contributed by atoms with van der Waals surface area (Å²) in [7, 11) is 0. The number of benzene rings is 2. The summed E-state index contributed by atoms with van der Waals surface area (Å²) in [6.45, 7) is 5.55. The lowest BCUT2D eigenvalue weighted by atomic mass is 9.97. The fourth-order valence-electron chi connectivity index (χ4n) is 6.46. The predicted octanol–water partition coefficient (Wildman–Crippen LogP) is 5.54. The molecule has 2 aliphatic rings. The quantitative estimate of drug-likeness (QED) is 0.346. The summed E-state index contributed by atoms with van der Waals surface area (Å²) in [5, 5.41) is 5.62. The number of anilines is 2. The standard InChI is InChI=1S/C30H33N7O/c1-2-36-24-11-6-5-10-22(24)23-17-21(13-14-25(23)36)33-30(38)20-9-8-15-35(18-20)28-27-29(32-19-31-28)37-16-7-3-4-12-26(37)34-27/h5-6,10-11,13-14,17,19-20H,2-4,7-9,12,15-16,18H2,1H3,(H,33,38)/t20-/m0/s1. The van der Waals surface area contributed by atoms with Gasteiger partial charge in [-0.1, -0.05) is 24.6 Å². The van der Waals surface area contributed by atoms with Gasteiger partial charge in [-0.3, -0.25) is 4.79 Å². The number of nitrogens with zero attached hydrogens (tertiary/aromatic N) is 6. The number of carbonyl (C=O) groups is 1. The van der Waals surface area contributed by atoms with Crippen LogP contribution in [0.1, 0.15) is 44.9 Å². The molecule has 194 valence electrons. The van der Waals surface area contributed by atoms with Crippen molar-refractivity contribution in [2.45, 2.75) is 58.5 Å². The van der Waals surface area contributed by atoms with Gasteiger partial charge in [0, 0.05) is 60.1 Å². The van der Waals surface area contributed by atoms with Gasteiger partial charge >= 0.3 is 0 Å². The molecule has 8 heteroatoms. The number of rotatable bonds is 4. The third-order valence-corrected chi connectivity index (χ3v) is 8.32. The first kappa shape index (κ1) is 23.2. The Morgan fingerprint density at radius 1 is 1.00 bits per heavy atom. The van der Waals surface area contributed by atoms with Gasteiger partial charge in [-0.2, -0.15) is 0 Å². The summed E-state index contributed by atoms with van der Waals surface area (Å²) in [6, 6.07) is 14.7. The fourth-order valence-corrected chi connectivity index (χ4v) is 6.46. The van der Waals surface area contributed by atoms with Crippen LogP contribution in [0.2, 0.25) is 0 Å². The minimum Gasteiger partial charge on any atom is -0.354 e. The second kappa shape index (κ2) is 9.42. The molecule has 0 unspecified atom stereocenters. The molecule has 3 aromatic heterocycles. The average Bonchev–Trinajstić information content (AvgIpc) is 3.37. The summed E-state index contributed by atoms with van der Waals surface area (Å²) in [5.74, 6) is 1.94. The number of piperidine rings is 1. The Morgan fingerprint density at radius 3 is 2.82 bits per heavy atom. The first-order valence-electron chi connectivity index (χ1n) is 14.0. The molecule has 1 fully saturated rings. The molecule has 1 atom stereocenters. The van der Waals surface area contributed by atoms with Crippen molar-refractivity contribution in [3.05, 3.63) is 54.6 Å². The number of nitrogens with one attached hydrogen (secondary N) is 1. The van der Waals surface area contributed by atoms with E-state index in [2.05, 4.69) is 72.6 Å². The molecule has 0 radical (unpaired) electrons. The van der Waals surface area contributed by atoms with Crippen molar-refractivity contribution in [2.24, 2.45) is 5.92 Å². The molecule has 1 N–H and O–H groups in total. The van der Waals surface area contributed by atoms with E-state index < -0.39 is 0 Å². The Balaban J connectivity index is 1.14. The maximum atomic E-state index is 13.5. The molecule has 1 amide bonds. The summed E-state index contributed by atoms with van der Waals surface area (Å²) in [5.41, 5.74) is 5.08. The zero-order valence-corrected chi connectivity index (χ0v) is 21.9. The minimum atomic E-state index is -0.109. The lowest BCUT2D eigenvalue weighted by Crippen LogP contribution is -2.41. The molecule has 2 aliphatic heterocycles. The summed E-state index contributed by atoms with van der Waals surface area (Å²) in [6.07, 6.45) is 8.02. The zero-order valence-electron chi connectivity index (χ0n) is 21.9. The van der Waals surface area contributed by atoms with Crippen LogP contribution in [-0.4, -0.2) is 43.1 Å². The largest absolute Gasteiger partial charge is 0.354 e. The van der Waals surface area contributed by atoms with Crippen molar-refractivity contribution in [1.29, 1.82) is 0 Å². The third-order valence-electron chi connectivity index (χ3n) is 8.32. The second-order valence-corrected chi connectivity index (χ2v) is 10.6. The van der Waals surface area contributed by atoms with Gasteiger partial charge in [0.15, 0.2) is 17.0 Å². The lowest BCUT2D eigenvalue weighted by Gasteiger charge is -2.32. The van der Waals surface area contributed by atoms with E-state index in [1.54, 1.807) is 6.33 Å². The smallest absolute Gasteiger partial charge is 0.229 e. The van der Waals surface area contributed by atoms with Crippen molar-refractivity contribution < 1.29 is 4.79 Å². The number of aromatic nitrogens is 5. The topological polar surface area (TPSA) is 80.9 Å². The molecule has 0 saturated carbocycles. The summed E-state index contributed by atoms with van der Waals surface area (Å²) < 4.78 is 4.60. The van der Waals surface area contributed by atoms with Crippen LogP contribution in [0.15, 0.2) is 48.8 Å². The highest BCUT2D eigenvalue weighted by Gasteiger charge is 2.29. The molecule has 2 aromatic carbocycles. The molecule has 0 bridgehead atoms. The molecule has 5 aromatic rings. The first-order valence-corrected chi connectivity index (χ1v) is 14.0. The van der Waals surface area contributed by atoms with Crippen molar-refractivity contribution >= 4 is 50.4 Å². The van der Waals surface area contributed by atoms with E-state index in [1.807, 2.05) is 6.07 Å². The Morgan fingerprint density at radius 2 is 1.89 bits per heavy atom. The van der Waals surface area contributed by atoms with Gasteiger partial charge in [-0.25, -0.2) is 15.0 Å². The lowest BCUT2D eigenvalue weighted by molar-refractivity contribution is -0.120. The highest BCUT2D eigenvalue weighted by Crippen LogP contribution is 2.32. The highest BCUT2D eigenvalue weighted by atomic mass is 16.1. The number of fused-ring (bicyclic) bond motifs is 6. The van der Waals surface area contributed by atoms with Crippen LogP contribution in [0.25, 0.3) is 33.0 Å². The van der Waals surface area contributed by atoms with Crippen molar-refractivity contribution in [3.63, 3.8) is 0 Å². The average molecular weight is 508 g/mol. The van der Waals surface area contributed by atoms with Gasteiger partial charge in [0.05, 0.1) is 5.92 Å². The Kier molecular flexibility index (Phi) is 5.75. The molecule has 8 nitrogen and oxygen atoms in total. The molecule has 38 heavy (non-hydrogen) atoms. The van der Waals surface area contributed by atoms with Gasteiger partial charge in [0.1, 0.15) is 12.2 Å². The maximum absolute atomic E-state index is 13.5. The minimum absolute atomic E-state index is 0.0687.